The molecule has 1 aliphatic carbocycles. The quantitative estimate of drug-likeness (QED) is 0.362. The lowest BCUT2D eigenvalue weighted by Gasteiger charge is -2.31. The Hall–Kier alpha value is -2.10. The zero-order valence-corrected chi connectivity index (χ0v) is 24.5. The third-order valence-corrected chi connectivity index (χ3v) is 8.57. The van der Waals surface area contributed by atoms with Gasteiger partial charge in [0.1, 0.15) is 6.04 Å². The molecule has 37 heavy (non-hydrogen) atoms. The fraction of sp³-hybridized carbons (Fsp3) is 0.481. The van der Waals surface area contributed by atoms with Crippen LogP contribution in [0, 0.1) is 0 Å². The van der Waals surface area contributed by atoms with Crippen molar-refractivity contribution >= 4 is 55.1 Å². The molecule has 0 aromatic heterocycles. The van der Waals surface area contributed by atoms with E-state index in [1.807, 2.05) is 24.3 Å². The predicted molar refractivity (Wildman–Crippen MR) is 152 cm³/mol. The van der Waals surface area contributed by atoms with Crippen molar-refractivity contribution in [2.75, 3.05) is 17.1 Å². The molecule has 0 bridgehead atoms. The number of anilines is 1. The van der Waals surface area contributed by atoms with E-state index in [0.29, 0.717) is 17.1 Å². The monoisotopic (exact) mass is 611 g/mol. The van der Waals surface area contributed by atoms with Gasteiger partial charge in [0, 0.05) is 35.0 Å². The Morgan fingerprint density at radius 1 is 1.11 bits per heavy atom. The third kappa shape index (κ3) is 9.00. The molecule has 1 N–H and O–H groups in total. The van der Waals surface area contributed by atoms with E-state index in [0.717, 1.165) is 42.0 Å². The van der Waals surface area contributed by atoms with Gasteiger partial charge in [0.05, 0.1) is 11.9 Å². The van der Waals surface area contributed by atoms with Gasteiger partial charge < -0.3 is 10.2 Å². The maximum atomic E-state index is 13.4. The van der Waals surface area contributed by atoms with Gasteiger partial charge in [-0.25, -0.2) is 8.42 Å². The van der Waals surface area contributed by atoms with Gasteiger partial charge in [-0.2, -0.15) is 0 Å². The second-order valence-corrected chi connectivity index (χ2v) is 12.8. The van der Waals surface area contributed by atoms with Crippen LogP contribution in [0.15, 0.2) is 53.0 Å². The first-order chi connectivity index (χ1) is 17.5. The fourth-order valence-corrected chi connectivity index (χ4v) is 6.13. The fourth-order valence-electron chi connectivity index (χ4n) is 4.59. The highest BCUT2D eigenvalue weighted by atomic mass is 79.9. The topological polar surface area (TPSA) is 86.8 Å². The first-order valence-electron chi connectivity index (χ1n) is 12.6. The molecule has 1 aliphatic rings. The van der Waals surface area contributed by atoms with Crippen molar-refractivity contribution in [2.24, 2.45) is 0 Å². The highest BCUT2D eigenvalue weighted by Gasteiger charge is 2.28. The number of nitrogens with zero attached hydrogens (tertiary/aromatic N) is 2. The number of rotatable bonds is 11. The van der Waals surface area contributed by atoms with Crippen LogP contribution in [0.1, 0.15) is 57.4 Å². The van der Waals surface area contributed by atoms with E-state index in [4.69, 9.17) is 11.6 Å². The summed E-state index contributed by atoms with van der Waals surface area (Å²) in [7, 11) is -3.55. The van der Waals surface area contributed by atoms with Gasteiger partial charge in [0.25, 0.3) is 0 Å². The summed E-state index contributed by atoms with van der Waals surface area (Å²) in [5, 5.41) is 3.64. The van der Waals surface area contributed by atoms with Crippen molar-refractivity contribution in [3.8, 4) is 0 Å². The Kier molecular flexibility index (Phi) is 10.8. The summed E-state index contributed by atoms with van der Waals surface area (Å²) in [6.45, 7) is 2.18. The van der Waals surface area contributed by atoms with E-state index in [1.165, 1.54) is 10.7 Å². The lowest BCUT2D eigenvalue weighted by atomic mass is 9.95. The zero-order valence-electron chi connectivity index (χ0n) is 21.3. The molecular weight excluding hydrogens is 578 g/mol. The highest BCUT2D eigenvalue weighted by molar-refractivity contribution is 9.10. The van der Waals surface area contributed by atoms with Crippen molar-refractivity contribution in [3.63, 3.8) is 0 Å². The van der Waals surface area contributed by atoms with Crippen LogP contribution in [0.25, 0.3) is 0 Å². The molecule has 0 heterocycles. The summed E-state index contributed by atoms with van der Waals surface area (Å²) in [5.41, 5.74) is 1.39. The number of hydrogen-bond donors (Lipinski definition) is 1. The molecule has 1 saturated carbocycles. The second-order valence-electron chi connectivity index (χ2n) is 9.59. The summed E-state index contributed by atoms with van der Waals surface area (Å²) in [6, 6.07) is 13.7. The van der Waals surface area contributed by atoms with E-state index in [2.05, 4.69) is 21.2 Å². The van der Waals surface area contributed by atoms with Gasteiger partial charge in [-0.15, -0.1) is 0 Å². The van der Waals surface area contributed by atoms with Gasteiger partial charge >= 0.3 is 0 Å². The summed E-state index contributed by atoms with van der Waals surface area (Å²) >= 11 is 9.42. The lowest BCUT2D eigenvalue weighted by molar-refractivity contribution is -0.141. The molecule has 10 heteroatoms. The minimum atomic E-state index is -3.55. The number of nitrogens with one attached hydrogen (secondary N) is 1. The maximum absolute atomic E-state index is 13.4. The summed E-state index contributed by atoms with van der Waals surface area (Å²) in [5.74, 6) is -0.356. The normalized spacial score (nSPS) is 15.1. The van der Waals surface area contributed by atoms with E-state index >= 15 is 0 Å². The molecular formula is C27H35BrClN3O4S. The van der Waals surface area contributed by atoms with Gasteiger partial charge in [-0.05, 0) is 68.1 Å². The van der Waals surface area contributed by atoms with Crippen molar-refractivity contribution in [2.45, 2.75) is 70.5 Å². The van der Waals surface area contributed by atoms with Gasteiger partial charge in [0.2, 0.25) is 21.8 Å². The van der Waals surface area contributed by atoms with Gasteiger partial charge in [0.15, 0.2) is 0 Å². The first kappa shape index (κ1) is 29.5. The minimum absolute atomic E-state index is 0.106. The molecule has 0 spiro atoms. The number of halogens is 2. The second kappa shape index (κ2) is 13.6. The van der Waals surface area contributed by atoms with Crippen molar-refractivity contribution in [1.82, 2.24) is 10.2 Å². The Labute approximate surface area is 233 Å². The molecule has 7 nitrogen and oxygen atoms in total. The Morgan fingerprint density at radius 2 is 1.78 bits per heavy atom. The van der Waals surface area contributed by atoms with Crippen LogP contribution in [-0.2, 0) is 26.2 Å². The van der Waals surface area contributed by atoms with Crippen LogP contribution in [0.2, 0.25) is 5.02 Å². The standard InChI is InChI=1S/C27H35BrClN3O4S/c1-20(27(34)30-24-10-4-3-5-11-24)31(19-21-8-6-9-22(28)18-21)26(33)12-7-17-32(37(2,35)36)25-15-13-23(29)14-16-25/h6,8-9,13-16,18,20,24H,3-5,7,10-12,17,19H2,1-2H3,(H,30,34). The van der Waals surface area contributed by atoms with Crippen molar-refractivity contribution in [3.05, 3.63) is 63.6 Å². The molecule has 0 radical (unpaired) electrons. The molecule has 1 unspecified atom stereocenters. The SMILES string of the molecule is CC(C(=O)NC1CCCCC1)N(Cc1cccc(Br)c1)C(=O)CCCN(c1ccc(Cl)cc1)S(C)(=O)=O. The molecule has 2 aromatic carbocycles. The Morgan fingerprint density at radius 3 is 2.41 bits per heavy atom. The largest absolute Gasteiger partial charge is 0.352 e. The van der Waals surface area contributed by atoms with Crippen LogP contribution in [0.4, 0.5) is 5.69 Å². The molecule has 0 saturated heterocycles. The van der Waals surface area contributed by atoms with Crippen LogP contribution in [-0.4, -0.2) is 50.0 Å². The summed E-state index contributed by atoms with van der Waals surface area (Å²) < 4.78 is 27.0. The van der Waals surface area contributed by atoms with E-state index in [-0.39, 0.29) is 37.4 Å². The van der Waals surface area contributed by atoms with Gasteiger partial charge in [-0.1, -0.05) is 58.9 Å². The average Bonchev–Trinajstić information content (AvgIpc) is 2.85. The number of benzene rings is 2. The minimum Gasteiger partial charge on any atom is -0.352 e. The van der Waals surface area contributed by atoms with Crippen molar-refractivity contribution < 1.29 is 18.0 Å². The highest BCUT2D eigenvalue weighted by Crippen LogP contribution is 2.22. The molecule has 2 aromatic rings. The van der Waals surface area contributed by atoms with Crippen molar-refractivity contribution in [1.29, 1.82) is 0 Å². The number of carbonyl (C=O) groups is 2. The predicted octanol–water partition coefficient (Wildman–Crippen LogP) is 5.51. The molecule has 3 rings (SSSR count). The van der Waals surface area contributed by atoms with Crippen LogP contribution in [0.5, 0.6) is 0 Å². The van der Waals surface area contributed by atoms with E-state index < -0.39 is 16.1 Å². The first-order valence-corrected chi connectivity index (χ1v) is 15.6. The lowest BCUT2D eigenvalue weighted by Crippen LogP contribution is -2.50. The molecule has 202 valence electrons. The maximum Gasteiger partial charge on any atom is 0.242 e. The van der Waals surface area contributed by atoms with E-state index in [9.17, 15) is 18.0 Å². The van der Waals surface area contributed by atoms with Crippen LogP contribution < -0.4 is 9.62 Å². The van der Waals surface area contributed by atoms with E-state index in [1.54, 1.807) is 36.1 Å². The zero-order chi connectivity index (χ0) is 27.0. The number of amides is 2. The van der Waals surface area contributed by atoms with Gasteiger partial charge in [-0.3, -0.25) is 13.9 Å². The Bertz CT molecular complexity index is 1170. The van der Waals surface area contributed by atoms with Crippen LogP contribution >= 0.6 is 27.5 Å². The molecule has 1 atom stereocenters. The third-order valence-electron chi connectivity index (χ3n) is 6.63. The number of carbonyl (C=O) groups excluding carboxylic acids is 2. The number of hydrogen-bond acceptors (Lipinski definition) is 4. The molecule has 2 amide bonds. The Balaban J connectivity index is 1.71. The molecule has 1 fully saturated rings. The smallest absolute Gasteiger partial charge is 0.242 e. The average molecular weight is 613 g/mol. The summed E-state index contributed by atoms with van der Waals surface area (Å²) in [6.07, 6.45) is 6.87. The number of sulfonamides is 1. The van der Waals surface area contributed by atoms with Crippen LogP contribution in [0.3, 0.4) is 0 Å². The molecule has 0 aliphatic heterocycles. The summed E-state index contributed by atoms with van der Waals surface area (Å²) in [4.78, 5) is 28.1.